The van der Waals surface area contributed by atoms with Crippen molar-refractivity contribution in [3.63, 3.8) is 0 Å². The van der Waals surface area contributed by atoms with Gasteiger partial charge in [0.1, 0.15) is 6.29 Å². The number of carbonyl (C=O) groups is 1. The van der Waals surface area contributed by atoms with Gasteiger partial charge in [0.2, 0.25) is 0 Å². The molecule has 2 aromatic rings. The minimum atomic E-state index is 0.363. The molecule has 0 fully saturated rings. The Bertz CT molecular complexity index is 650. The number of nitrogens with zero attached hydrogens (tertiary/aromatic N) is 1. The molecule has 0 aromatic heterocycles. The van der Waals surface area contributed by atoms with E-state index in [1.165, 1.54) is 0 Å². The summed E-state index contributed by atoms with van der Waals surface area (Å²) in [5.41, 5.74) is 12.8. The molecule has 0 aliphatic rings. The molecule has 0 radical (unpaired) electrons. The molecule has 2 aromatic carbocycles. The van der Waals surface area contributed by atoms with Crippen LogP contribution in [0.15, 0.2) is 53.6 Å². The molecule has 4 N–H and O–H groups in total. The lowest BCUT2D eigenvalue weighted by atomic mass is 9.98. The lowest BCUT2D eigenvalue weighted by molar-refractivity contribution is -0.107. The first-order valence-electron chi connectivity index (χ1n) is 7.09. The van der Waals surface area contributed by atoms with Crippen LogP contribution in [0, 0.1) is 0 Å². The fourth-order valence-corrected chi connectivity index (χ4v) is 2.22. The van der Waals surface area contributed by atoms with Gasteiger partial charge in [-0.1, -0.05) is 48.5 Å². The smallest absolute Gasteiger partial charge is 0.151 e. The number of nitrogens with two attached hydrogens (primary N) is 1. The normalized spacial score (nSPS) is 11.2. The van der Waals surface area contributed by atoms with Gasteiger partial charge < -0.3 is 21.3 Å². The highest BCUT2D eigenvalue weighted by Crippen LogP contribution is 2.24. The van der Waals surface area contributed by atoms with E-state index in [4.69, 9.17) is 5.73 Å². The number of benzene rings is 2. The molecule has 22 heavy (non-hydrogen) atoms. The average Bonchev–Trinajstić information content (AvgIpc) is 2.56. The highest BCUT2D eigenvalue weighted by Gasteiger charge is 2.08. The Morgan fingerprint density at radius 3 is 2.59 bits per heavy atom. The number of hydrogen-bond acceptors (Lipinski definition) is 4. The van der Waals surface area contributed by atoms with Crippen LogP contribution in [0.5, 0.6) is 0 Å². The van der Waals surface area contributed by atoms with E-state index in [1.54, 1.807) is 7.05 Å². The van der Waals surface area contributed by atoms with Crippen LogP contribution in [-0.4, -0.2) is 25.7 Å². The standard InChI is InChI=1S/C17H20N4O/c1-19-21-17(18)16-5-3-2-4-15(16)14-8-6-13(7-9-14)12-20-10-11-22/h2-9,11,19-20H,10,12H2,1H3,(H2,18,21). The Labute approximate surface area is 130 Å². The van der Waals surface area contributed by atoms with Crippen LogP contribution in [0.3, 0.4) is 0 Å². The van der Waals surface area contributed by atoms with Crippen LogP contribution in [0.4, 0.5) is 0 Å². The van der Waals surface area contributed by atoms with E-state index < -0.39 is 0 Å². The van der Waals surface area contributed by atoms with Gasteiger partial charge in [0.15, 0.2) is 5.84 Å². The second-order valence-corrected chi connectivity index (χ2v) is 4.76. The maximum absolute atomic E-state index is 10.3. The van der Waals surface area contributed by atoms with Crippen LogP contribution >= 0.6 is 0 Å². The Kier molecular flexibility index (Phi) is 5.68. The number of carbonyl (C=O) groups excluding carboxylic acids is 1. The van der Waals surface area contributed by atoms with E-state index >= 15 is 0 Å². The number of amidine groups is 1. The number of aldehydes is 1. The minimum Gasteiger partial charge on any atom is -0.382 e. The molecule has 0 amide bonds. The van der Waals surface area contributed by atoms with Crippen LogP contribution in [0.1, 0.15) is 11.1 Å². The predicted molar refractivity (Wildman–Crippen MR) is 89.4 cm³/mol. The summed E-state index contributed by atoms with van der Waals surface area (Å²) in [4.78, 5) is 10.3. The van der Waals surface area contributed by atoms with Crippen molar-refractivity contribution in [2.45, 2.75) is 6.54 Å². The van der Waals surface area contributed by atoms with Crippen molar-refractivity contribution < 1.29 is 4.79 Å². The summed E-state index contributed by atoms with van der Waals surface area (Å²) < 4.78 is 0. The van der Waals surface area contributed by atoms with Crippen molar-refractivity contribution in [1.29, 1.82) is 0 Å². The van der Waals surface area contributed by atoms with Gasteiger partial charge >= 0.3 is 0 Å². The molecule has 0 atom stereocenters. The summed E-state index contributed by atoms with van der Waals surface area (Å²) in [6, 6.07) is 16.1. The van der Waals surface area contributed by atoms with Crippen molar-refractivity contribution in [2.75, 3.05) is 13.6 Å². The van der Waals surface area contributed by atoms with Crippen molar-refractivity contribution in [1.82, 2.24) is 10.7 Å². The lowest BCUT2D eigenvalue weighted by Gasteiger charge is -2.10. The number of hydrogen-bond donors (Lipinski definition) is 3. The Morgan fingerprint density at radius 1 is 1.18 bits per heavy atom. The summed E-state index contributed by atoms with van der Waals surface area (Å²) in [6.45, 7) is 1.03. The Hall–Kier alpha value is -2.66. The van der Waals surface area contributed by atoms with E-state index in [9.17, 15) is 4.79 Å². The van der Waals surface area contributed by atoms with Crippen molar-refractivity contribution >= 4 is 12.1 Å². The molecule has 0 aliphatic carbocycles. The summed E-state index contributed by atoms with van der Waals surface area (Å²) in [5.74, 6) is 0.454. The van der Waals surface area contributed by atoms with E-state index in [0.717, 1.165) is 28.5 Å². The topological polar surface area (TPSA) is 79.5 Å². The zero-order valence-corrected chi connectivity index (χ0v) is 12.5. The average molecular weight is 296 g/mol. The molecule has 0 spiro atoms. The monoisotopic (exact) mass is 296 g/mol. The molecule has 5 nitrogen and oxygen atoms in total. The fraction of sp³-hybridized carbons (Fsp3) is 0.176. The van der Waals surface area contributed by atoms with Crippen molar-refractivity contribution in [3.8, 4) is 11.1 Å². The molecule has 0 unspecified atom stereocenters. The largest absolute Gasteiger partial charge is 0.382 e. The van der Waals surface area contributed by atoms with Gasteiger partial charge in [-0.3, -0.25) is 0 Å². The van der Waals surface area contributed by atoms with Crippen molar-refractivity contribution in [3.05, 3.63) is 59.7 Å². The third kappa shape index (κ3) is 3.93. The van der Waals surface area contributed by atoms with Crippen molar-refractivity contribution in [2.24, 2.45) is 10.8 Å². The van der Waals surface area contributed by atoms with Gasteiger partial charge in [0, 0.05) is 19.2 Å². The first kappa shape index (κ1) is 15.7. The Morgan fingerprint density at radius 2 is 1.91 bits per heavy atom. The summed E-state index contributed by atoms with van der Waals surface area (Å²) >= 11 is 0. The van der Waals surface area contributed by atoms with E-state index in [2.05, 4.69) is 15.8 Å². The lowest BCUT2D eigenvalue weighted by Crippen LogP contribution is -2.18. The molecule has 5 heteroatoms. The molecule has 0 heterocycles. The maximum atomic E-state index is 10.3. The number of hydrazone groups is 1. The van der Waals surface area contributed by atoms with Crippen LogP contribution < -0.4 is 16.5 Å². The fourth-order valence-electron chi connectivity index (χ4n) is 2.22. The third-order valence-electron chi connectivity index (χ3n) is 3.26. The number of nitrogens with one attached hydrogen (secondary N) is 2. The molecule has 2 rings (SSSR count). The second-order valence-electron chi connectivity index (χ2n) is 4.76. The van der Waals surface area contributed by atoms with Crippen LogP contribution in [-0.2, 0) is 11.3 Å². The highest BCUT2D eigenvalue weighted by atomic mass is 16.1. The van der Waals surface area contributed by atoms with Gasteiger partial charge in [-0.2, -0.15) is 5.10 Å². The summed E-state index contributed by atoms with van der Waals surface area (Å²) in [6.07, 6.45) is 0.856. The third-order valence-corrected chi connectivity index (χ3v) is 3.26. The summed E-state index contributed by atoms with van der Waals surface area (Å²) in [5, 5.41) is 7.09. The first-order chi connectivity index (χ1) is 10.8. The zero-order chi connectivity index (χ0) is 15.8. The molecule has 114 valence electrons. The molecule has 0 bridgehead atoms. The van der Waals surface area contributed by atoms with Gasteiger partial charge in [-0.05, 0) is 16.7 Å². The van der Waals surface area contributed by atoms with Gasteiger partial charge in [0.05, 0.1) is 6.54 Å². The van der Waals surface area contributed by atoms with E-state index in [0.29, 0.717) is 18.9 Å². The molecular formula is C17H20N4O. The van der Waals surface area contributed by atoms with Gasteiger partial charge in [-0.15, -0.1) is 0 Å². The molecule has 0 aliphatic heterocycles. The van der Waals surface area contributed by atoms with Gasteiger partial charge in [-0.25, -0.2) is 0 Å². The highest BCUT2D eigenvalue weighted by molar-refractivity contribution is 6.03. The summed E-state index contributed by atoms with van der Waals surface area (Å²) in [7, 11) is 1.72. The first-order valence-corrected chi connectivity index (χ1v) is 7.09. The number of rotatable bonds is 7. The van der Waals surface area contributed by atoms with Crippen LogP contribution in [0.25, 0.3) is 11.1 Å². The minimum absolute atomic E-state index is 0.363. The Balaban J connectivity index is 2.25. The second kappa shape index (κ2) is 7.95. The SMILES string of the molecule is CN/N=C(\N)c1ccccc1-c1ccc(CNCC=O)cc1. The van der Waals surface area contributed by atoms with Gasteiger partial charge in [0.25, 0.3) is 0 Å². The van der Waals surface area contributed by atoms with E-state index in [1.807, 2.05) is 48.5 Å². The molecular weight excluding hydrogens is 276 g/mol. The van der Waals surface area contributed by atoms with E-state index in [-0.39, 0.29) is 0 Å². The van der Waals surface area contributed by atoms with Crippen LogP contribution in [0.2, 0.25) is 0 Å². The predicted octanol–water partition coefficient (Wildman–Crippen LogP) is 1.48. The molecule has 0 saturated heterocycles. The maximum Gasteiger partial charge on any atom is 0.151 e. The molecule has 0 saturated carbocycles. The quantitative estimate of drug-likeness (QED) is 0.238. The zero-order valence-electron chi connectivity index (χ0n) is 12.5.